The van der Waals surface area contributed by atoms with E-state index in [0.717, 1.165) is 11.1 Å². The van der Waals surface area contributed by atoms with E-state index in [4.69, 9.17) is 0 Å². The van der Waals surface area contributed by atoms with Crippen LogP contribution in [0.3, 0.4) is 0 Å². The zero-order chi connectivity index (χ0) is 14.6. The fraction of sp³-hybridized carbons (Fsp3) is 0.250. The molecule has 20 heavy (non-hydrogen) atoms. The Hall–Kier alpha value is -1.81. The monoisotopic (exact) mass is 289 g/mol. The van der Waals surface area contributed by atoms with Crippen LogP contribution in [0.2, 0.25) is 0 Å². The SMILES string of the molecule is CC(C)CS(=O)(=O)Nc1ccccc1-c1ccccc1. The van der Waals surface area contributed by atoms with Gasteiger partial charge in [0.15, 0.2) is 0 Å². The molecule has 0 bridgehead atoms. The maximum Gasteiger partial charge on any atom is 0.232 e. The number of benzene rings is 2. The molecule has 106 valence electrons. The first-order valence-corrected chi connectivity index (χ1v) is 8.28. The van der Waals surface area contributed by atoms with E-state index in [9.17, 15) is 8.42 Å². The summed E-state index contributed by atoms with van der Waals surface area (Å²) in [7, 11) is -3.31. The van der Waals surface area contributed by atoms with Crippen molar-refractivity contribution in [3.63, 3.8) is 0 Å². The maximum absolute atomic E-state index is 12.1. The van der Waals surface area contributed by atoms with Crippen LogP contribution in [0.15, 0.2) is 54.6 Å². The molecular formula is C16H19NO2S. The first-order valence-electron chi connectivity index (χ1n) is 6.63. The minimum absolute atomic E-state index is 0.0939. The Morgan fingerprint density at radius 1 is 0.950 bits per heavy atom. The van der Waals surface area contributed by atoms with Crippen LogP contribution in [0, 0.1) is 5.92 Å². The molecule has 0 amide bonds. The number of para-hydroxylation sites is 1. The molecule has 0 heterocycles. The minimum atomic E-state index is -3.31. The van der Waals surface area contributed by atoms with E-state index in [0.29, 0.717) is 5.69 Å². The predicted octanol–water partition coefficient (Wildman–Crippen LogP) is 3.75. The van der Waals surface area contributed by atoms with E-state index in [1.807, 2.05) is 62.4 Å². The highest BCUT2D eigenvalue weighted by molar-refractivity contribution is 7.92. The molecule has 0 atom stereocenters. The topological polar surface area (TPSA) is 46.2 Å². The number of nitrogens with one attached hydrogen (secondary N) is 1. The Labute approximate surface area is 120 Å². The fourth-order valence-corrected chi connectivity index (χ4v) is 3.56. The lowest BCUT2D eigenvalue weighted by Crippen LogP contribution is -2.20. The van der Waals surface area contributed by atoms with Gasteiger partial charge in [0.2, 0.25) is 10.0 Å². The summed E-state index contributed by atoms with van der Waals surface area (Å²) in [6, 6.07) is 17.2. The second-order valence-corrected chi connectivity index (χ2v) is 6.96. The van der Waals surface area contributed by atoms with Crippen molar-refractivity contribution in [3.8, 4) is 11.1 Å². The Kier molecular flexibility index (Phi) is 4.45. The van der Waals surface area contributed by atoms with Gasteiger partial charge in [-0.25, -0.2) is 8.42 Å². The van der Waals surface area contributed by atoms with Gasteiger partial charge in [-0.2, -0.15) is 0 Å². The number of hydrogen-bond donors (Lipinski definition) is 1. The van der Waals surface area contributed by atoms with Crippen molar-refractivity contribution in [1.82, 2.24) is 0 Å². The molecule has 0 aromatic heterocycles. The van der Waals surface area contributed by atoms with E-state index >= 15 is 0 Å². The van der Waals surface area contributed by atoms with E-state index in [2.05, 4.69) is 4.72 Å². The molecule has 0 fully saturated rings. The fourth-order valence-electron chi connectivity index (χ4n) is 2.09. The summed E-state index contributed by atoms with van der Waals surface area (Å²) in [6.07, 6.45) is 0. The van der Waals surface area contributed by atoms with E-state index in [1.54, 1.807) is 6.07 Å². The average Bonchev–Trinajstić information content (AvgIpc) is 2.38. The molecule has 2 aromatic rings. The first-order chi connectivity index (χ1) is 9.48. The van der Waals surface area contributed by atoms with Gasteiger partial charge in [-0.05, 0) is 17.5 Å². The highest BCUT2D eigenvalue weighted by Crippen LogP contribution is 2.28. The molecular weight excluding hydrogens is 270 g/mol. The van der Waals surface area contributed by atoms with Crippen LogP contribution in [0.1, 0.15) is 13.8 Å². The Balaban J connectivity index is 2.35. The van der Waals surface area contributed by atoms with Crippen LogP contribution in [-0.2, 0) is 10.0 Å². The van der Waals surface area contributed by atoms with Crippen molar-refractivity contribution < 1.29 is 8.42 Å². The smallest absolute Gasteiger partial charge is 0.232 e. The molecule has 0 saturated carbocycles. The molecule has 1 N–H and O–H groups in total. The Bertz CT molecular complexity index is 664. The molecule has 0 spiro atoms. The van der Waals surface area contributed by atoms with Crippen LogP contribution < -0.4 is 4.72 Å². The van der Waals surface area contributed by atoms with Gasteiger partial charge >= 0.3 is 0 Å². The normalized spacial score (nSPS) is 11.6. The van der Waals surface area contributed by atoms with Crippen molar-refractivity contribution in [2.24, 2.45) is 5.92 Å². The second-order valence-electron chi connectivity index (χ2n) is 5.19. The minimum Gasteiger partial charge on any atom is -0.283 e. The third-order valence-electron chi connectivity index (χ3n) is 2.83. The van der Waals surface area contributed by atoms with Crippen LogP contribution in [-0.4, -0.2) is 14.2 Å². The molecule has 0 aliphatic heterocycles. The molecule has 0 aliphatic carbocycles. The van der Waals surface area contributed by atoms with Crippen molar-refractivity contribution >= 4 is 15.7 Å². The highest BCUT2D eigenvalue weighted by atomic mass is 32.2. The van der Waals surface area contributed by atoms with Gasteiger partial charge in [-0.15, -0.1) is 0 Å². The standard InChI is InChI=1S/C16H19NO2S/c1-13(2)12-20(18,19)17-16-11-7-6-10-15(16)14-8-4-3-5-9-14/h3-11,13,17H,12H2,1-2H3. The van der Waals surface area contributed by atoms with Gasteiger partial charge in [0.1, 0.15) is 0 Å². The van der Waals surface area contributed by atoms with Crippen molar-refractivity contribution in [3.05, 3.63) is 54.6 Å². The maximum atomic E-state index is 12.1. The lowest BCUT2D eigenvalue weighted by molar-refractivity contribution is 0.587. The Morgan fingerprint density at radius 3 is 2.20 bits per heavy atom. The summed E-state index contributed by atoms with van der Waals surface area (Å²) in [5.74, 6) is 0.215. The third kappa shape index (κ3) is 3.84. The largest absolute Gasteiger partial charge is 0.283 e. The van der Waals surface area contributed by atoms with Crippen LogP contribution in [0.25, 0.3) is 11.1 Å². The molecule has 0 saturated heterocycles. The lowest BCUT2D eigenvalue weighted by Gasteiger charge is -2.13. The summed E-state index contributed by atoms with van der Waals surface area (Å²) >= 11 is 0. The van der Waals surface area contributed by atoms with Gasteiger partial charge in [0.05, 0.1) is 11.4 Å². The third-order valence-corrected chi connectivity index (χ3v) is 4.47. The molecule has 0 aliphatic rings. The van der Waals surface area contributed by atoms with Gasteiger partial charge in [0, 0.05) is 5.56 Å². The number of hydrogen-bond acceptors (Lipinski definition) is 2. The van der Waals surface area contributed by atoms with Crippen LogP contribution in [0.5, 0.6) is 0 Å². The van der Waals surface area contributed by atoms with Crippen LogP contribution in [0.4, 0.5) is 5.69 Å². The van der Waals surface area contributed by atoms with E-state index in [-0.39, 0.29) is 11.7 Å². The summed E-state index contributed by atoms with van der Waals surface area (Å²) in [4.78, 5) is 0. The second kappa shape index (κ2) is 6.09. The zero-order valence-electron chi connectivity index (χ0n) is 11.7. The molecule has 3 nitrogen and oxygen atoms in total. The van der Waals surface area contributed by atoms with Gasteiger partial charge in [-0.3, -0.25) is 4.72 Å². The quantitative estimate of drug-likeness (QED) is 0.911. The number of anilines is 1. The lowest BCUT2D eigenvalue weighted by atomic mass is 10.0. The highest BCUT2D eigenvalue weighted by Gasteiger charge is 2.15. The molecule has 2 aromatic carbocycles. The summed E-state index contributed by atoms with van der Waals surface area (Å²) in [5, 5.41) is 0. The van der Waals surface area contributed by atoms with Gasteiger partial charge in [0.25, 0.3) is 0 Å². The Morgan fingerprint density at radius 2 is 1.55 bits per heavy atom. The zero-order valence-corrected chi connectivity index (χ0v) is 12.5. The molecule has 2 rings (SSSR count). The molecule has 0 unspecified atom stereocenters. The van der Waals surface area contributed by atoms with Gasteiger partial charge < -0.3 is 0 Å². The van der Waals surface area contributed by atoms with Crippen molar-refractivity contribution in [1.29, 1.82) is 0 Å². The van der Waals surface area contributed by atoms with Gasteiger partial charge in [-0.1, -0.05) is 62.4 Å². The number of sulfonamides is 1. The van der Waals surface area contributed by atoms with E-state index < -0.39 is 10.0 Å². The van der Waals surface area contributed by atoms with E-state index in [1.165, 1.54) is 0 Å². The molecule has 4 heteroatoms. The average molecular weight is 289 g/mol. The predicted molar refractivity (Wildman–Crippen MR) is 84.1 cm³/mol. The molecule has 0 radical (unpaired) electrons. The van der Waals surface area contributed by atoms with Crippen molar-refractivity contribution in [2.45, 2.75) is 13.8 Å². The first kappa shape index (κ1) is 14.6. The van der Waals surface area contributed by atoms with Crippen LogP contribution >= 0.6 is 0 Å². The summed E-state index contributed by atoms with van der Waals surface area (Å²) in [6.45, 7) is 3.78. The summed E-state index contributed by atoms with van der Waals surface area (Å²) < 4.78 is 26.9. The number of rotatable bonds is 5. The summed E-state index contributed by atoms with van der Waals surface area (Å²) in [5.41, 5.74) is 2.51. The van der Waals surface area contributed by atoms with Crippen molar-refractivity contribution in [2.75, 3.05) is 10.5 Å².